The van der Waals surface area contributed by atoms with Gasteiger partial charge in [0.2, 0.25) is 0 Å². The van der Waals surface area contributed by atoms with Crippen LogP contribution in [0.5, 0.6) is 5.75 Å². The largest absolute Gasteiger partial charge is 0.491 e. The molecule has 1 unspecified atom stereocenters. The highest BCUT2D eigenvalue weighted by Gasteiger charge is 2.17. The van der Waals surface area contributed by atoms with Gasteiger partial charge in [0.15, 0.2) is 0 Å². The summed E-state index contributed by atoms with van der Waals surface area (Å²) in [5.74, 6) is 0.871. The first-order chi connectivity index (χ1) is 10.1. The minimum absolute atomic E-state index is 0.0169. The van der Waals surface area contributed by atoms with E-state index < -0.39 is 0 Å². The highest BCUT2D eigenvalue weighted by molar-refractivity contribution is 6.31. The molecule has 0 saturated carbocycles. The van der Waals surface area contributed by atoms with Crippen molar-refractivity contribution in [3.05, 3.63) is 58.9 Å². The first kappa shape index (κ1) is 15.8. The smallest absolute Gasteiger partial charge is 0.119 e. The lowest BCUT2D eigenvalue weighted by atomic mass is 10.0. The lowest BCUT2D eigenvalue weighted by Crippen LogP contribution is -2.23. The van der Waals surface area contributed by atoms with E-state index in [1.54, 1.807) is 6.20 Å². The second-order valence-electron chi connectivity index (χ2n) is 5.10. The van der Waals surface area contributed by atoms with Gasteiger partial charge in [-0.2, -0.15) is 0 Å². The number of rotatable bonds is 6. The molecule has 1 aromatic heterocycles. The lowest BCUT2D eigenvalue weighted by molar-refractivity contribution is 0.242. The van der Waals surface area contributed by atoms with Gasteiger partial charge in [-0.15, -0.1) is 0 Å². The highest BCUT2D eigenvalue weighted by atomic mass is 35.5. The number of hydrogen-bond acceptors (Lipinski definition) is 3. The molecule has 4 heteroatoms. The van der Waals surface area contributed by atoms with Crippen molar-refractivity contribution in [3.8, 4) is 5.75 Å². The lowest BCUT2D eigenvalue weighted by Gasteiger charge is -2.19. The van der Waals surface area contributed by atoms with Crippen molar-refractivity contribution in [3.63, 3.8) is 0 Å². The third kappa shape index (κ3) is 4.19. The summed E-state index contributed by atoms with van der Waals surface area (Å²) in [6.07, 6.45) is 1.94. The molecule has 1 aromatic carbocycles. The number of benzene rings is 1. The summed E-state index contributed by atoms with van der Waals surface area (Å²) >= 11 is 6.28. The first-order valence-corrected chi connectivity index (χ1v) is 7.60. The predicted molar refractivity (Wildman–Crippen MR) is 87.0 cm³/mol. The Morgan fingerprint density at radius 2 is 1.90 bits per heavy atom. The maximum absolute atomic E-state index is 6.28. The average molecular weight is 305 g/mol. The fourth-order valence-electron chi connectivity index (χ4n) is 2.20. The van der Waals surface area contributed by atoms with Gasteiger partial charge in [0.25, 0.3) is 0 Å². The Balaban J connectivity index is 2.28. The van der Waals surface area contributed by atoms with E-state index in [2.05, 4.69) is 29.4 Å². The van der Waals surface area contributed by atoms with Crippen molar-refractivity contribution in [1.82, 2.24) is 10.3 Å². The average Bonchev–Trinajstić information content (AvgIpc) is 2.46. The van der Waals surface area contributed by atoms with Gasteiger partial charge in [-0.1, -0.05) is 30.7 Å². The molecule has 0 amide bonds. The van der Waals surface area contributed by atoms with Crippen LogP contribution in [0, 0.1) is 0 Å². The van der Waals surface area contributed by atoms with Gasteiger partial charge >= 0.3 is 0 Å². The molecular formula is C17H21ClN2O. The molecule has 0 aliphatic rings. The summed E-state index contributed by atoms with van der Waals surface area (Å²) in [6, 6.07) is 11.8. The molecule has 2 aromatic rings. The Morgan fingerprint density at radius 3 is 2.48 bits per heavy atom. The molecule has 1 atom stereocenters. The molecule has 0 radical (unpaired) electrons. The van der Waals surface area contributed by atoms with Crippen LogP contribution in [0.1, 0.15) is 38.1 Å². The molecule has 112 valence electrons. The standard InChI is InChI=1S/C17H21ClN2O/c1-4-19-16(17-15(18)6-5-11-20-17)13-7-9-14(10-8-13)21-12(2)3/h5-12,16,19H,4H2,1-3H3. The fourth-order valence-corrected chi connectivity index (χ4v) is 2.43. The van der Waals surface area contributed by atoms with Crippen molar-refractivity contribution in [2.24, 2.45) is 0 Å². The molecule has 21 heavy (non-hydrogen) atoms. The summed E-state index contributed by atoms with van der Waals surface area (Å²) < 4.78 is 5.68. The summed E-state index contributed by atoms with van der Waals surface area (Å²) in [4.78, 5) is 4.42. The molecular weight excluding hydrogens is 284 g/mol. The molecule has 0 saturated heterocycles. The number of hydrogen-bond donors (Lipinski definition) is 1. The van der Waals surface area contributed by atoms with Crippen molar-refractivity contribution in [2.75, 3.05) is 6.54 Å². The van der Waals surface area contributed by atoms with E-state index in [0.29, 0.717) is 5.02 Å². The van der Waals surface area contributed by atoms with E-state index >= 15 is 0 Å². The second-order valence-corrected chi connectivity index (χ2v) is 5.50. The quantitative estimate of drug-likeness (QED) is 0.867. The van der Waals surface area contributed by atoms with Gasteiger partial charge in [0.05, 0.1) is 22.9 Å². The highest BCUT2D eigenvalue weighted by Crippen LogP contribution is 2.27. The first-order valence-electron chi connectivity index (χ1n) is 7.22. The zero-order valence-electron chi connectivity index (χ0n) is 12.6. The van der Waals surface area contributed by atoms with E-state index in [1.165, 1.54) is 0 Å². The van der Waals surface area contributed by atoms with Gasteiger partial charge < -0.3 is 10.1 Å². The molecule has 0 aliphatic heterocycles. The fraction of sp³-hybridized carbons (Fsp3) is 0.353. The van der Waals surface area contributed by atoms with Gasteiger partial charge in [-0.25, -0.2) is 0 Å². The zero-order chi connectivity index (χ0) is 15.2. The topological polar surface area (TPSA) is 34.1 Å². The normalized spacial score (nSPS) is 12.4. The summed E-state index contributed by atoms with van der Waals surface area (Å²) in [5, 5.41) is 4.10. The van der Waals surface area contributed by atoms with Crippen LogP contribution < -0.4 is 10.1 Å². The van der Waals surface area contributed by atoms with E-state index in [-0.39, 0.29) is 12.1 Å². The van der Waals surface area contributed by atoms with Crippen LogP contribution in [0.3, 0.4) is 0 Å². The van der Waals surface area contributed by atoms with Crippen molar-refractivity contribution in [1.29, 1.82) is 0 Å². The molecule has 0 fully saturated rings. The van der Waals surface area contributed by atoms with Gasteiger partial charge in [0.1, 0.15) is 5.75 Å². The third-order valence-electron chi connectivity index (χ3n) is 3.05. The van der Waals surface area contributed by atoms with Gasteiger partial charge in [-0.05, 0) is 50.2 Å². The number of nitrogens with one attached hydrogen (secondary N) is 1. The number of aromatic nitrogens is 1. The molecule has 0 spiro atoms. The van der Waals surface area contributed by atoms with Crippen molar-refractivity contribution in [2.45, 2.75) is 32.9 Å². The SMILES string of the molecule is CCNC(c1ccc(OC(C)C)cc1)c1ncccc1Cl. The summed E-state index contributed by atoms with van der Waals surface area (Å²) in [5.41, 5.74) is 1.96. The van der Waals surface area contributed by atoms with E-state index in [1.807, 2.05) is 38.1 Å². The number of nitrogens with zero attached hydrogens (tertiary/aromatic N) is 1. The Labute approximate surface area is 131 Å². The zero-order valence-corrected chi connectivity index (χ0v) is 13.4. The molecule has 1 heterocycles. The van der Waals surface area contributed by atoms with E-state index in [9.17, 15) is 0 Å². The van der Waals surface area contributed by atoms with Gasteiger partial charge in [-0.3, -0.25) is 4.98 Å². The number of pyridine rings is 1. The Bertz CT molecular complexity index is 569. The number of ether oxygens (including phenoxy) is 1. The third-order valence-corrected chi connectivity index (χ3v) is 3.37. The minimum Gasteiger partial charge on any atom is -0.491 e. The van der Waals surface area contributed by atoms with Crippen LogP contribution in [0.2, 0.25) is 5.02 Å². The second kappa shape index (κ2) is 7.43. The molecule has 0 aliphatic carbocycles. The van der Waals surface area contributed by atoms with Crippen LogP contribution in [0.4, 0.5) is 0 Å². The molecule has 2 rings (SSSR count). The van der Waals surface area contributed by atoms with Gasteiger partial charge in [0, 0.05) is 6.20 Å². The summed E-state index contributed by atoms with van der Waals surface area (Å²) in [6.45, 7) is 6.94. The van der Waals surface area contributed by atoms with Crippen LogP contribution >= 0.6 is 11.6 Å². The van der Waals surface area contributed by atoms with Crippen molar-refractivity contribution < 1.29 is 4.74 Å². The predicted octanol–water partition coefficient (Wildman–Crippen LogP) is 4.22. The maximum Gasteiger partial charge on any atom is 0.119 e. The Kier molecular flexibility index (Phi) is 5.59. The number of halogens is 1. The molecule has 0 bridgehead atoms. The van der Waals surface area contributed by atoms with Crippen LogP contribution in [0.25, 0.3) is 0 Å². The van der Waals surface area contributed by atoms with Crippen LogP contribution in [-0.2, 0) is 0 Å². The van der Waals surface area contributed by atoms with Crippen molar-refractivity contribution >= 4 is 11.6 Å². The maximum atomic E-state index is 6.28. The molecule has 3 nitrogen and oxygen atoms in total. The van der Waals surface area contributed by atoms with E-state index in [0.717, 1.165) is 23.6 Å². The monoisotopic (exact) mass is 304 g/mol. The van der Waals surface area contributed by atoms with E-state index in [4.69, 9.17) is 16.3 Å². The summed E-state index contributed by atoms with van der Waals surface area (Å²) in [7, 11) is 0. The molecule has 1 N–H and O–H groups in total. The van der Waals surface area contributed by atoms with Crippen LogP contribution in [0.15, 0.2) is 42.6 Å². The Hall–Kier alpha value is -1.58. The Morgan fingerprint density at radius 1 is 1.19 bits per heavy atom. The minimum atomic E-state index is -0.0169. The van der Waals surface area contributed by atoms with Crippen LogP contribution in [-0.4, -0.2) is 17.6 Å².